The monoisotopic (exact) mass is 629 g/mol. The summed E-state index contributed by atoms with van der Waals surface area (Å²) in [5, 5.41) is 14.6. The quantitative estimate of drug-likeness (QED) is 0.104. The zero-order valence-corrected chi connectivity index (χ0v) is 26.1. The van der Waals surface area contributed by atoms with E-state index in [1.807, 2.05) is 42.3 Å². The number of methoxy groups -OCH3 is 1. The van der Waals surface area contributed by atoms with E-state index in [-0.39, 0.29) is 41.7 Å². The van der Waals surface area contributed by atoms with E-state index in [1.165, 1.54) is 49.6 Å². The summed E-state index contributed by atoms with van der Waals surface area (Å²) in [5.41, 5.74) is 2.67. The second-order valence-electron chi connectivity index (χ2n) is 11.0. The van der Waals surface area contributed by atoms with Gasteiger partial charge in [-0.05, 0) is 69.3 Å². The zero-order chi connectivity index (χ0) is 33.4. The first-order chi connectivity index (χ1) is 22.0. The molecular formula is C35H36FN3O7. The fraction of sp³-hybridized carbons (Fsp3) is 0.286. The van der Waals surface area contributed by atoms with Crippen LogP contribution >= 0.6 is 0 Å². The molecule has 46 heavy (non-hydrogen) atoms. The Morgan fingerprint density at radius 2 is 1.61 bits per heavy atom. The summed E-state index contributed by atoms with van der Waals surface area (Å²) in [6, 6.07) is 20.3. The van der Waals surface area contributed by atoms with E-state index in [0.717, 1.165) is 5.56 Å². The lowest BCUT2D eigenvalue weighted by Gasteiger charge is -2.32. The molecule has 0 saturated carbocycles. The molecule has 0 spiro atoms. The third kappa shape index (κ3) is 7.91. The van der Waals surface area contributed by atoms with Gasteiger partial charge >= 0.3 is 11.9 Å². The number of allylic oxidation sites excluding steroid dienone is 2. The van der Waals surface area contributed by atoms with Crippen LogP contribution in [0.1, 0.15) is 60.1 Å². The molecule has 1 aliphatic rings. The van der Waals surface area contributed by atoms with Crippen molar-refractivity contribution in [3.63, 3.8) is 0 Å². The summed E-state index contributed by atoms with van der Waals surface area (Å²) in [6.45, 7) is 3.79. The molecular weight excluding hydrogens is 593 g/mol. The van der Waals surface area contributed by atoms with E-state index in [2.05, 4.69) is 5.32 Å². The maximum absolute atomic E-state index is 13.9. The summed E-state index contributed by atoms with van der Waals surface area (Å²) >= 11 is 0. The number of nitro groups is 1. The van der Waals surface area contributed by atoms with Gasteiger partial charge in [0.15, 0.2) is 5.78 Å². The number of hydrogen-bond donors (Lipinski definition) is 1. The Morgan fingerprint density at radius 1 is 0.957 bits per heavy atom. The maximum Gasteiger partial charge on any atom is 0.336 e. The molecule has 10 nitrogen and oxygen atoms in total. The van der Waals surface area contributed by atoms with Gasteiger partial charge in [-0.3, -0.25) is 19.8 Å². The number of carbonyl (C=O) groups excluding carboxylic acids is 3. The largest absolute Gasteiger partial charge is 0.466 e. The third-order valence-corrected chi connectivity index (χ3v) is 7.97. The summed E-state index contributed by atoms with van der Waals surface area (Å²) in [4.78, 5) is 52.5. The first kappa shape index (κ1) is 33.7. The number of carbonyl (C=O) groups is 3. The average molecular weight is 630 g/mol. The van der Waals surface area contributed by atoms with Crippen LogP contribution in [0.2, 0.25) is 0 Å². The number of esters is 2. The van der Waals surface area contributed by atoms with Gasteiger partial charge in [0.1, 0.15) is 12.4 Å². The van der Waals surface area contributed by atoms with Crippen LogP contribution in [0.5, 0.6) is 0 Å². The van der Waals surface area contributed by atoms with Gasteiger partial charge in [0.05, 0.1) is 35.1 Å². The molecule has 1 aliphatic heterocycles. The van der Waals surface area contributed by atoms with E-state index in [9.17, 15) is 28.9 Å². The molecule has 0 amide bonds. The maximum atomic E-state index is 13.9. The molecule has 3 aromatic rings. The van der Waals surface area contributed by atoms with Crippen LogP contribution < -0.4 is 5.32 Å². The second kappa shape index (κ2) is 15.2. The van der Waals surface area contributed by atoms with E-state index in [0.29, 0.717) is 35.5 Å². The van der Waals surface area contributed by atoms with Crippen LogP contribution in [0, 0.1) is 15.9 Å². The number of halogens is 1. The lowest BCUT2D eigenvalue weighted by atomic mass is 9.80. The highest BCUT2D eigenvalue weighted by molar-refractivity contribution is 6.00. The highest BCUT2D eigenvalue weighted by atomic mass is 19.1. The molecule has 0 aliphatic carbocycles. The predicted octanol–water partition coefficient (Wildman–Crippen LogP) is 6.02. The van der Waals surface area contributed by atoms with Gasteiger partial charge in [-0.25, -0.2) is 14.0 Å². The predicted molar refractivity (Wildman–Crippen MR) is 169 cm³/mol. The second-order valence-corrected chi connectivity index (χ2v) is 11.0. The Kier molecular flexibility index (Phi) is 11.2. The first-order valence-electron chi connectivity index (χ1n) is 14.7. The number of nitrogens with one attached hydrogen (secondary N) is 1. The number of benzene rings is 3. The molecule has 1 N–H and O–H groups in total. The Hall–Kier alpha value is -5.16. The number of hydrogen-bond acceptors (Lipinski definition) is 9. The van der Waals surface area contributed by atoms with Crippen molar-refractivity contribution in [1.82, 2.24) is 10.2 Å². The zero-order valence-electron chi connectivity index (χ0n) is 26.1. The van der Waals surface area contributed by atoms with Crippen LogP contribution in [0.15, 0.2) is 101 Å². The summed E-state index contributed by atoms with van der Waals surface area (Å²) in [5.74, 6) is -2.87. The Balaban J connectivity index is 1.56. The fourth-order valence-corrected chi connectivity index (χ4v) is 5.61. The van der Waals surface area contributed by atoms with Crippen molar-refractivity contribution in [3.05, 3.63) is 134 Å². The number of non-ortho nitro benzene ring substituents is 1. The third-order valence-electron chi connectivity index (χ3n) is 7.97. The minimum atomic E-state index is -0.980. The van der Waals surface area contributed by atoms with Gasteiger partial charge in [0.2, 0.25) is 0 Å². The van der Waals surface area contributed by atoms with E-state index in [4.69, 9.17) is 9.47 Å². The van der Waals surface area contributed by atoms with Crippen molar-refractivity contribution < 1.29 is 33.2 Å². The molecule has 3 aromatic carbocycles. The van der Waals surface area contributed by atoms with Crippen molar-refractivity contribution >= 4 is 23.4 Å². The number of nitro benzene ring substituents is 1. The lowest BCUT2D eigenvalue weighted by Crippen LogP contribution is -2.34. The van der Waals surface area contributed by atoms with Crippen molar-refractivity contribution in [2.24, 2.45) is 0 Å². The van der Waals surface area contributed by atoms with Gasteiger partial charge in [0, 0.05) is 35.5 Å². The van der Waals surface area contributed by atoms with Crippen LogP contribution in [0.3, 0.4) is 0 Å². The smallest absolute Gasteiger partial charge is 0.336 e. The molecule has 0 aromatic heterocycles. The molecule has 2 unspecified atom stereocenters. The minimum Gasteiger partial charge on any atom is -0.466 e. The number of ketones is 1. The van der Waals surface area contributed by atoms with Crippen LogP contribution in [0.4, 0.5) is 10.1 Å². The number of rotatable bonds is 13. The molecule has 0 radical (unpaired) electrons. The molecule has 11 heteroatoms. The van der Waals surface area contributed by atoms with Crippen LogP contribution in [0.25, 0.3) is 0 Å². The number of Topliss-reactive ketones (excluding diaryl/α,β-unsaturated/α-hetero) is 1. The van der Waals surface area contributed by atoms with E-state index >= 15 is 0 Å². The molecule has 2 atom stereocenters. The normalized spacial score (nSPS) is 15.3. The number of likely N-dealkylation sites (N-methyl/N-ethyl adjacent to an activating group) is 1. The van der Waals surface area contributed by atoms with E-state index < -0.39 is 28.6 Å². The van der Waals surface area contributed by atoms with Gasteiger partial charge in [-0.15, -0.1) is 0 Å². The average Bonchev–Trinajstić information content (AvgIpc) is 3.04. The van der Waals surface area contributed by atoms with Crippen LogP contribution in [-0.2, 0) is 19.1 Å². The number of ether oxygens (including phenoxy) is 2. The molecule has 4 rings (SSSR count). The standard InChI is InChI=1S/C35H36FN3O7/c1-22-31(34(41)45-4)33(26-12-8-13-28(20-26)39(43)44)32(23(2)37-22)35(42)46-21-29(24-10-6-5-7-11-24)38(3)19-9-14-30(40)25-15-17-27(36)18-16-25/h5-8,10-13,15-18,20,29,33,37H,9,14,19,21H2,1-4H3. The Bertz CT molecular complexity index is 1670. The lowest BCUT2D eigenvalue weighted by molar-refractivity contribution is -0.384. The molecule has 240 valence electrons. The van der Waals surface area contributed by atoms with Gasteiger partial charge in [-0.2, -0.15) is 0 Å². The Labute approximate surface area is 266 Å². The van der Waals surface area contributed by atoms with Gasteiger partial charge < -0.3 is 14.8 Å². The van der Waals surface area contributed by atoms with Crippen molar-refractivity contribution in [2.45, 2.75) is 38.6 Å². The number of nitrogens with zero attached hydrogens (tertiary/aromatic N) is 2. The first-order valence-corrected chi connectivity index (χ1v) is 14.7. The molecule has 0 bridgehead atoms. The highest BCUT2D eigenvalue weighted by Crippen LogP contribution is 2.40. The van der Waals surface area contributed by atoms with Crippen molar-refractivity contribution in [2.75, 3.05) is 27.3 Å². The molecule has 0 fully saturated rings. The highest BCUT2D eigenvalue weighted by Gasteiger charge is 2.38. The topological polar surface area (TPSA) is 128 Å². The summed E-state index contributed by atoms with van der Waals surface area (Å²) in [6.07, 6.45) is 0.765. The Morgan fingerprint density at radius 3 is 2.24 bits per heavy atom. The minimum absolute atomic E-state index is 0.0556. The number of dihydropyridines is 1. The van der Waals surface area contributed by atoms with E-state index in [1.54, 1.807) is 19.9 Å². The molecule has 0 saturated heterocycles. The SMILES string of the molecule is COC(=O)C1=C(C)NC(C)=C(C(=O)OCC(c2ccccc2)N(C)CCCC(=O)c2ccc(F)cc2)C1c1cccc([N+](=O)[O-])c1. The van der Waals surface area contributed by atoms with Crippen molar-refractivity contribution in [3.8, 4) is 0 Å². The van der Waals surface area contributed by atoms with Gasteiger partial charge in [-0.1, -0.05) is 42.5 Å². The fourth-order valence-electron chi connectivity index (χ4n) is 5.61. The van der Waals surface area contributed by atoms with Crippen LogP contribution in [-0.4, -0.2) is 54.9 Å². The summed E-state index contributed by atoms with van der Waals surface area (Å²) < 4.78 is 24.2. The van der Waals surface area contributed by atoms with Gasteiger partial charge in [0.25, 0.3) is 5.69 Å². The summed E-state index contributed by atoms with van der Waals surface area (Å²) in [7, 11) is 3.09. The molecule has 1 heterocycles. The van der Waals surface area contributed by atoms with Crippen molar-refractivity contribution in [1.29, 1.82) is 0 Å².